The monoisotopic (exact) mass is 230 g/mol. The second kappa shape index (κ2) is 5.36. The van der Waals surface area contributed by atoms with E-state index in [1.165, 1.54) is 11.3 Å². The number of rotatable bonds is 4. The van der Waals surface area contributed by atoms with Gasteiger partial charge in [-0.3, -0.25) is 4.79 Å². The molecule has 1 atom stereocenters. The molecule has 1 aromatic heterocycles. The molecular weight excluding hydrogens is 216 g/mol. The number of thiazole rings is 1. The molecule has 1 rings (SSSR count). The first-order valence-corrected chi connectivity index (χ1v) is 5.90. The molecule has 1 unspecified atom stereocenters. The fourth-order valence-electron chi connectivity index (χ4n) is 0.910. The van der Waals surface area contributed by atoms with Gasteiger partial charge < -0.3 is 5.32 Å². The summed E-state index contributed by atoms with van der Waals surface area (Å²) >= 11 is 5.75. The van der Waals surface area contributed by atoms with Gasteiger partial charge in [0.25, 0.3) is 0 Å². The predicted molar refractivity (Wildman–Crippen MR) is 61.6 cm³/mol. The molecule has 1 aromatic rings. The van der Waals surface area contributed by atoms with E-state index in [2.05, 4.69) is 22.9 Å². The number of thiol groups is 1. The van der Waals surface area contributed by atoms with Gasteiger partial charge in [0.15, 0.2) is 0 Å². The number of amides is 1. The van der Waals surface area contributed by atoms with E-state index in [9.17, 15) is 4.79 Å². The van der Waals surface area contributed by atoms with Gasteiger partial charge in [-0.2, -0.15) is 12.6 Å². The van der Waals surface area contributed by atoms with Crippen molar-refractivity contribution in [2.75, 3.05) is 0 Å². The number of carbonyl (C=O) groups is 1. The number of hydrogen-bond donors (Lipinski definition) is 2. The molecule has 14 heavy (non-hydrogen) atoms. The zero-order chi connectivity index (χ0) is 10.6. The lowest BCUT2D eigenvalue weighted by Gasteiger charge is -2.13. The molecule has 1 heterocycles. The maximum absolute atomic E-state index is 11.5. The second-order valence-electron chi connectivity index (χ2n) is 3.39. The summed E-state index contributed by atoms with van der Waals surface area (Å²) in [5.41, 5.74) is 2.65. The molecule has 0 saturated heterocycles. The average Bonchev–Trinajstić information content (AvgIpc) is 2.65. The van der Waals surface area contributed by atoms with Gasteiger partial charge in [0, 0.05) is 5.38 Å². The first-order valence-electron chi connectivity index (χ1n) is 4.44. The zero-order valence-corrected chi connectivity index (χ0v) is 9.94. The highest BCUT2D eigenvalue weighted by Crippen LogP contribution is 2.09. The van der Waals surface area contributed by atoms with E-state index in [0.29, 0.717) is 6.54 Å². The Bertz CT molecular complexity index is 285. The summed E-state index contributed by atoms with van der Waals surface area (Å²) in [7, 11) is 0. The van der Waals surface area contributed by atoms with Gasteiger partial charge in [0.2, 0.25) is 5.91 Å². The second-order valence-corrected chi connectivity index (χ2v) is 4.66. The minimum absolute atomic E-state index is 0.0312. The van der Waals surface area contributed by atoms with Gasteiger partial charge in [-0.1, -0.05) is 13.8 Å². The summed E-state index contributed by atoms with van der Waals surface area (Å²) in [6, 6.07) is 0. The Morgan fingerprint density at radius 3 is 2.93 bits per heavy atom. The average molecular weight is 230 g/mol. The Morgan fingerprint density at radius 1 is 1.71 bits per heavy atom. The molecule has 3 nitrogen and oxygen atoms in total. The highest BCUT2D eigenvalue weighted by molar-refractivity contribution is 7.81. The van der Waals surface area contributed by atoms with Crippen molar-refractivity contribution in [2.45, 2.75) is 25.6 Å². The summed E-state index contributed by atoms with van der Waals surface area (Å²) in [5, 5.41) is 4.47. The van der Waals surface area contributed by atoms with Crippen LogP contribution in [0.15, 0.2) is 10.9 Å². The van der Waals surface area contributed by atoms with Crippen molar-refractivity contribution >= 4 is 29.9 Å². The molecule has 0 aromatic carbocycles. The number of carbonyl (C=O) groups excluding carboxylic acids is 1. The number of nitrogens with zero attached hydrogens (tertiary/aromatic N) is 1. The summed E-state index contributed by atoms with van der Waals surface area (Å²) < 4.78 is 0. The van der Waals surface area contributed by atoms with Crippen molar-refractivity contribution in [2.24, 2.45) is 5.92 Å². The van der Waals surface area contributed by atoms with Gasteiger partial charge in [-0.15, -0.1) is 11.3 Å². The molecule has 78 valence electrons. The zero-order valence-electron chi connectivity index (χ0n) is 8.23. The van der Waals surface area contributed by atoms with E-state index in [4.69, 9.17) is 0 Å². The third-order valence-electron chi connectivity index (χ3n) is 1.83. The lowest BCUT2D eigenvalue weighted by Crippen LogP contribution is -2.33. The molecule has 0 bridgehead atoms. The summed E-state index contributed by atoms with van der Waals surface area (Å²) in [6.45, 7) is 4.44. The normalized spacial score (nSPS) is 12.9. The summed E-state index contributed by atoms with van der Waals surface area (Å²) in [6.07, 6.45) is 0. The molecule has 1 amide bonds. The van der Waals surface area contributed by atoms with E-state index in [-0.39, 0.29) is 17.1 Å². The summed E-state index contributed by atoms with van der Waals surface area (Å²) in [5.74, 6) is 0.213. The highest BCUT2D eigenvalue weighted by atomic mass is 32.1. The van der Waals surface area contributed by atoms with Crippen LogP contribution in [0.5, 0.6) is 0 Å². The van der Waals surface area contributed by atoms with Gasteiger partial charge in [-0.25, -0.2) is 4.98 Å². The van der Waals surface area contributed by atoms with Crippen LogP contribution in [0.4, 0.5) is 0 Å². The molecule has 0 aliphatic heterocycles. The van der Waals surface area contributed by atoms with E-state index >= 15 is 0 Å². The molecule has 1 N–H and O–H groups in total. The van der Waals surface area contributed by atoms with Crippen LogP contribution in [-0.2, 0) is 11.3 Å². The third kappa shape index (κ3) is 3.31. The van der Waals surface area contributed by atoms with Crippen LogP contribution in [0.3, 0.4) is 0 Å². The minimum atomic E-state index is -0.242. The maximum Gasteiger partial charge on any atom is 0.233 e. The van der Waals surface area contributed by atoms with Gasteiger partial charge in [0.1, 0.15) is 0 Å². The lowest BCUT2D eigenvalue weighted by atomic mass is 10.1. The van der Waals surface area contributed by atoms with Crippen LogP contribution in [0.25, 0.3) is 0 Å². The fraction of sp³-hybridized carbons (Fsp3) is 0.556. The van der Waals surface area contributed by atoms with Crippen molar-refractivity contribution in [1.29, 1.82) is 0 Å². The largest absolute Gasteiger partial charge is 0.349 e. The van der Waals surface area contributed by atoms with Gasteiger partial charge >= 0.3 is 0 Å². The number of hydrogen-bond acceptors (Lipinski definition) is 4. The van der Waals surface area contributed by atoms with Crippen molar-refractivity contribution in [3.05, 3.63) is 16.6 Å². The molecule has 0 fully saturated rings. The molecule has 0 spiro atoms. The minimum Gasteiger partial charge on any atom is -0.349 e. The Hall–Kier alpha value is -0.550. The predicted octanol–water partition coefficient (Wildman–Crippen LogP) is 1.71. The number of nitrogens with one attached hydrogen (secondary N) is 1. The fourth-order valence-corrected chi connectivity index (χ4v) is 1.56. The molecule has 0 aliphatic rings. The third-order valence-corrected chi connectivity index (χ3v) is 3.29. The van der Waals surface area contributed by atoms with Crippen LogP contribution in [0, 0.1) is 5.92 Å². The van der Waals surface area contributed by atoms with Crippen molar-refractivity contribution < 1.29 is 4.79 Å². The number of aromatic nitrogens is 1. The topological polar surface area (TPSA) is 42.0 Å². The van der Waals surface area contributed by atoms with E-state index in [1.54, 1.807) is 5.51 Å². The van der Waals surface area contributed by atoms with Crippen molar-refractivity contribution in [3.8, 4) is 0 Å². The van der Waals surface area contributed by atoms with E-state index < -0.39 is 0 Å². The molecular formula is C9H14N2OS2. The highest BCUT2D eigenvalue weighted by Gasteiger charge is 2.16. The SMILES string of the molecule is CC(C)C(S)C(=O)NCc1cscn1. The quantitative estimate of drug-likeness (QED) is 0.773. The first-order chi connectivity index (χ1) is 6.61. The van der Waals surface area contributed by atoms with Crippen molar-refractivity contribution in [3.63, 3.8) is 0 Å². The first kappa shape index (κ1) is 11.5. The van der Waals surface area contributed by atoms with Gasteiger partial charge in [0.05, 0.1) is 23.0 Å². The van der Waals surface area contributed by atoms with Crippen molar-refractivity contribution in [1.82, 2.24) is 10.3 Å². The molecule has 0 aliphatic carbocycles. The molecule has 5 heteroatoms. The standard InChI is InChI=1S/C9H14N2OS2/c1-6(2)8(13)9(12)10-3-7-4-14-5-11-7/h4-6,8,13H,3H2,1-2H3,(H,10,12). The van der Waals surface area contributed by atoms with Gasteiger partial charge in [-0.05, 0) is 5.92 Å². The van der Waals surface area contributed by atoms with Crippen LogP contribution in [0.1, 0.15) is 19.5 Å². The van der Waals surface area contributed by atoms with Crippen LogP contribution < -0.4 is 5.32 Å². The lowest BCUT2D eigenvalue weighted by molar-refractivity contribution is -0.121. The Balaban J connectivity index is 2.35. The Labute approximate surface area is 93.3 Å². The van der Waals surface area contributed by atoms with Crippen LogP contribution in [-0.4, -0.2) is 16.1 Å². The van der Waals surface area contributed by atoms with Crippen LogP contribution >= 0.6 is 24.0 Å². The van der Waals surface area contributed by atoms with Crippen LogP contribution in [0.2, 0.25) is 0 Å². The van der Waals surface area contributed by atoms with E-state index in [0.717, 1.165) is 5.69 Å². The summed E-state index contributed by atoms with van der Waals surface area (Å²) in [4.78, 5) is 15.5. The van der Waals surface area contributed by atoms with E-state index in [1.807, 2.05) is 19.2 Å². The molecule has 0 radical (unpaired) electrons. The Morgan fingerprint density at radius 2 is 2.43 bits per heavy atom. The molecule has 0 saturated carbocycles. The maximum atomic E-state index is 11.5. The Kier molecular flexibility index (Phi) is 4.41. The smallest absolute Gasteiger partial charge is 0.233 e.